The molecule has 0 aliphatic carbocycles. The summed E-state index contributed by atoms with van der Waals surface area (Å²) < 4.78 is 16.8. The Hall–Kier alpha value is -1.59. The van der Waals surface area contributed by atoms with Crippen molar-refractivity contribution < 1.29 is 28.6 Å². The van der Waals surface area contributed by atoms with Crippen LogP contribution in [0.1, 0.15) is 286 Å². The highest BCUT2D eigenvalue weighted by atomic mass is 16.6. The molecular weight excluding hydrogens is 733 g/mol. The Labute approximate surface area is 368 Å². The number of hydrogen-bond donors (Lipinski definition) is 0. The SMILES string of the molecule is CCC(C)CCCCCCCCCCC(=O)OC[C@H](COC(=O)CCCCCCCCCC(C)C)OC(=O)CCCCCCCCCCCCCCCCCCC(C)C. The molecule has 0 aliphatic heterocycles. The summed E-state index contributed by atoms with van der Waals surface area (Å²) in [5.74, 6) is 1.62. The molecule has 0 saturated heterocycles. The third-order valence-electron chi connectivity index (χ3n) is 12.3. The van der Waals surface area contributed by atoms with E-state index in [4.69, 9.17) is 14.2 Å². The van der Waals surface area contributed by atoms with Crippen LogP contribution in [-0.4, -0.2) is 37.2 Å². The van der Waals surface area contributed by atoms with E-state index >= 15 is 0 Å². The third-order valence-corrected chi connectivity index (χ3v) is 12.3. The van der Waals surface area contributed by atoms with Crippen LogP contribution in [0.25, 0.3) is 0 Å². The third kappa shape index (κ3) is 45.8. The molecular formula is C53H102O6. The lowest BCUT2D eigenvalue weighted by Crippen LogP contribution is -2.30. The van der Waals surface area contributed by atoms with E-state index in [-0.39, 0.29) is 31.1 Å². The summed E-state index contributed by atoms with van der Waals surface area (Å²) in [6, 6.07) is 0. The van der Waals surface area contributed by atoms with Crippen LogP contribution in [0.3, 0.4) is 0 Å². The van der Waals surface area contributed by atoms with Gasteiger partial charge in [-0.25, -0.2) is 0 Å². The minimum Gasteiger partial charge on any atom is -0.462 e. The summed E-state index contributed by atoms with van der Waals surface area (Å²) in [4.78, 5) is 37.9. The smallest absolute Gasteiger partial charge is 0.306 e. The maximum Gasteiger partial charge on any atom is 0.306 e. The maximum absolute atomic E-state index is 12.8. The van der Waals surface area contributed by atoms with E-state index in [0.29, 0.717) is 19.3 Å². The predicted molar refractivity (Wildman–Crippen MR) is 252 cm³/mol. The molecule has 1 unspecified atom stereocenters. The van der Waals surface area contributed by atoms with Crippen molar-refractivity contribution >= 4 is 17.9 Å². The average molecular weight is 835 g/mol. The van der Waals surface area contributed by atoms with Gasteiger partial charge in [0.15, 0.2) is 6.10 Å². The Balaban J connectivity index is 4.27. The van der Waals surface area contributed by atoms with Crippen LogP contribution < -0.4 is 0 Å². The molecule has 350 valence electrons. The first kappa shape index (κ1) is 57.4. The van der Waals surface area contributed by atoms with E-state index in [1.807, 2.05) is 0 Å². The quantitative estimate of drug-likeness (QED) is 0.0345. The number of ether oxygens (including phenoxy) is 3. The monoisotopic (exact) mass is 835 g/mol. The van der Waals surface area contributed by atoms with E-state index in [0.717, 1.165) is 75.5 Å². The average Bonchev–Trinajstić information content (AvgIpc) is 3.20. The minimum absolute atomic E-state index is 0.0656. The van der Waals surface area contributed by atoms with Gasteiger partial charge >= 0.3 is 17.9 Å². The zero-order valence-corrected chi connectivity index (χ0v) is 40.5. The lowest BCUT2D eigenvalue weighted by atomic mass is 9.99. The van der Waals surface area contributed by atoms with Gasteiger partial charge in [-0.2, -0.15) is 0 Å². The fourth-order valence-electron chi connectivity index (χ4n) is 7.91. The molecule has 0 spiro atoms. The highest BCUT2D eigenvalue weighted by Crippen LogP contribution is 2.18. The van der Waals surface area contributed by atoms with Gasteiger partial charge in [0.05, 0.1) is 0 Å². The summed E-state index contributed by atoms with van der Waals surface area (Å²) in [7, 11) is 0. The molecule has 0 aromatic heterocycles. The summed E-state index contributed by atoms with van der Waals surface area (Å²) in [5.41, 5.74) is 0. The second kappa shape index (κ2) is 44.5. The van der Waals surface area contributed by atoms with Crippen molar-refractivity contribution in [2.24, 2.45) is 17.8 Å². The molecule has 0 amide bonds. The Morgan fingerprint density at radius 2 is 0.593 bits per heavy atom. The van der Waals surface area contributed by atoms with E-state index in [1.165, 1.54) is 167 Å². The highest BCUT2D eigenvalue weighted by molar-refractivity contribution is 5.71. The second-order valence-corrected chi connectivity index (χ2v) is 19.4. The van der Waals surface area contributed by atoms with Gasteiger partial charge in [-0.3, -0.25) is 14.4 Å². The van der Waals surface area contributed by atoms with Gasteiger partial charge in [0.25, 0.3) is 0 Å². The topological polar surface area (TPSA) is 78.9 Å². The van der Waals surface area contributed by atoms with E-state index in [2.05, 4.69) is 41.5 Å². The zero-order valence-electron chi connectivity index (χ0n) is 40.5. The first-order valence-electron chi connectivity index (χ1n) is 26.1. The van der Waals surface area contributed by atoms with Gasteiger partial charge in [-0.15, -0.1) is 0 Å². The van der Waals surface area contributed by atoms with Crippen molar-refractivity contribution in [2.75, 3.05) is 13.2 Å². The summed E-state index contributed by atoms with van der Waals surface area (Å²) in [5, 5.41) is 0. The number of esters is 3. The van der Waals surface area contributed by atoms with Crippen molar-refractivity contribution in [3.05, 3.63) is 0 Å². The molecule has 0 aliphatic rings. The molecule has 6 heteroatoms. The molecule has 0 saturated carbocycles. The van der Waals surface area contributed by atoms with E-state index in [9.17, 15) is 14.4 Å². The van der Waals surface area contributed by atoms with Gasteiger partial charge in [0.2, 0.25) is 0 Å². The Morgan fingerprint density at radius 1 is 0.339 bits per heavy atom. The molecule has 0 rings (SSSR count). The Bertz CT molecular complexity index is 916. The normalized spacial score (nSPS) is 12.6. The number of hydrogen-bond acceptors (Lipinski definition) is 6. The predicted octanol–water partition coefficient (Wildman–Crippen LogP) is 16.8. The van der Waals surface area contributed by atoms with Crippen molar-refractivity contribution in [3.8, 4) is 0 Å². The molecule has 2 atom stereocenters. The van der Waals surface area contributed by atoms with Crippen LogP contribution in [0.15, 0.2) is 0 Å². The van der Waals surface area contributed by atoms with Gasteiger partial charge in [-0.05, 0) is 37.0 Å². The molecule has 0 aromatic carbocycles. The fraction of sp³-hybridized carbons (Fsp3) is 0.943. The molecule has 6 nitrogen and oxygen atoms in total. The van der Waals surface area contributed by atoms with Crippen molar-refractivity contribution in [2.45, 2.75) is 292 Å². The maximum atomic E-state index is 12.8. The molecule has 0 heterocycles. The number of carbonyl (C=O) groups excluding carboxylic acids is 3. The van der Waals surface area contributed by atoms with Crippen LogP contribution in [-0.2, 0) is 28.6 Å². The Kier molecular flexibility index (Phi) is 43.3. The zero-order chi connectivity index (χ0) is 43.4. The highest BCUT2D eigenvalue weighted by Gasteiger charge is 2.19. The van der Waals surface area contributed by atoms with Gasteiger partial charge < -0.3 is 14.2 Å². The van der Waals surface area contributed by atoms with E-state index in [1.54, 1.807) is 0 Å². The van der Waals surface area contributed by atoms with Crippen LogP contribution in [0.5, 0.6) is 0 Å². The standard InChI is InChI=1S/C53H102O6/c1-7-49(6)41-35-29-23-18-19-24-30-36-42-51(54)57-45-50(46-58-52(55)43-37-31-26-20-22-28-34-40-48(4)5)59-53(56)44-38-32-25-17-15-13-11-9-8-10-12-14-16-21-27-33-39-47(2)3/h47-50H,7-46H2,1-6H3/t49?,50-/m1/s1. The lowest BCUT2D eigenvalue weighted by molar-refractivity contribution is -0.167. The summed E-state index contributed by atoms with van der Waals surface area (Å²) in [6.45, 7) is 13.7. The van der Waals surface area contributed by atoms with Crippen molar-refractivity contribution in [3.63, 3.8) is 0 Å². The molecule has 0 N–H and O–H groups in total. The van der Waals surface area contributed by atoms with Crippen LogP contribution in [0, 0.1) is 17.8 Å². The summed E-state index contributed by atoms with van der Waals surface area (Å²) in [6.07, 6.45) is 43.8. The number of carbonyl (C=O) groups is 3. The van der Waals surface area contributed by atoms with Crippen molar-refractivity contribution in [1.29, 1.82) is 0 Å². The van der Waals surface area contributed by atoms with Crippen molar-refractivity contribution in [1.82, 2.24) is 0 Å². The van der Waals surface area contributed by atoms with Crippen LogP contribution >= 0.6 is 0 Å². The van der Waals surface area contributed by atoms with E-state index < -0.39 is 6.10 Å². The molecule has 0 bridgehead atoms. The fourth-order valence-corrected chi connectivity index (χ4v) is 7.91. The summed E-state index contributed by atoms with van der Waals surface area (Å²) >= 11 is 0. The number of rotatable bonds is 46. The Morgan fingerprint density at radius 3 is 0.881 bits per heavy atom. The first-order valence-corrected chi connectivity index (χ1v) is 26.1. The second-order valence-electron chi connectivity index (χ2n) is 19.4. The first-order chi connectivity index (χ1) is 28.6. The van der Waals surface area contributed by atoms with Crippen LogP contribution in [0.2, 0.25) is 0 Å². The van der Waals surface area contributed by atoms with Gasteiger partial charge in [0, 0.05) is 19.3 Å². The molecule has 0 fully saturated rings. The molecule has 0 aromatic rings. The number of unbranched alkanes of at least 4 members (excludes halogenated alkanes) is 28. The van der Waals surface area contributed by atoms with Gasteiger partial charge in [-0.1, -0.05) is 247 Å². The minimum atomic E-state index is -0.763. The van der Waals surface area contributed by atoms with Crippen LogP contribution in [0.4, 0.5) is 0 Å². The largest absolute Gasteiger partial charge is 0.462 e. The molecule has 59 heavy (non-hydrogen) atoms. The molecule has 0 radical (unpaired) electrons. The lowest BCUT2D eigenvalue weighted by Gasteiger charge is -2.18. The van der Waals surface area contributed by atoms with Gasteiger partial charge in [0.1, 0.15) is 13.2 Å².